The van der Waals surface area contributed by atoms with Crippen LogP contribution in [0.2, 0.25) is 0 Å². The van der Waals surface area contributed by atoms with E-state index in [1.54, 1.807) is 0 Å². The molecule has 0 saturated carbocycles. The zero-order valence-corrected chi connectivity index (χ0v) is 12.3. The topological polar surface area (TPSA) is 33.6 Å². The second-order valence-electron chi connectivity index (χ2n) is 5.12. The summed E-state index contributed by atoms with van der Waals surface area (Å²) in [6, 6.07) is 16.6. The van der Waals surface area contributed by atoms with Crippen LogP contribution in [0.15, 0.2) is 54.7 Å². The second-order valence-corrected chi connectivity index (χ2v) is 5.51. The summed E-state index contributed by atoms with van der Waals surface area (Å²) in [5, 5.41) is 2.41. The molecule has 0 aliphatic rings. The Morgan fingerprint density at radius 1 is 1.05 bits per heavy atom. The van der Waals surface area contributed by atoms with Gasteiger partial charge in [0.2, 0.25) is 0 Å². The number of fused-ring (bicyclic) bond motifs is 2. The molecule has 0 spiro atoms. The SMILES string of the molecule is Cc1ccnc2c1[nH]c(=S)n2-c1ccc2ccccc2c1. The molecular weight excluding hydrogens is 278 g/mol. The molecule has 3 nitrogen and oxygen atoms in total. The maximum Gasteiger partial charge on any atom is 0.184 e. The number of imidazole rings is 1. The first kappa shape index (κ1) is 12.3. The Labute approximate surface area is 126 Å². The fraction of sp³-hybridized carbons (Fsp3) is 0.0588. The summed E-state index contributed by atoms with van der Waals surface area (Å²) in [6.07, 6.45) is 1.82. The van der Waals surface area contributed by atoms with Gasteiger partial charge < -0.3 is 4.98 Å². The molecule has 4 rings (SSSR count). The predicted octanol–water partition coefficient (Wildman–Crippen LogP) is 4.54. The van der Waals surface area contributed by atoms with E-state index in [2.05, 4.69) is 47.2 Å². The zero-order chi connectivity index (χ0) is 14.4. The van der Waals surface area contributed by atoms with E-state index in [1.165, 1.54) is 10.8 Å². The van der Waals surface area contributed by atoms with Crippen molar-refractivity contribution in [3.8, 4) is 5.69 Å². The zero-order valence-electron chi connectivity index (χ0n) is 11.5. The molecule has 0 aliphatic heterocycles. The number of pyridine rings is 1. The van der Waals surface area contributed by atoms with E-state index in [9.17, 15) is 0 Å². The van der Waals surface area contributed by atoms with E-state index >= 15 is 0 Å². The summed E-state index contributed by atoms with van der Waals surface area (Å²) in [7, 11) is 0. The first-order valence-electron chi connectivity index (χ1n) is 6.79. The monoisotopic (exact) mass is 291 g/mol. The molecule has 0 aliphatic carbocycles. The summed E-state index contributed by atoms with van der Waals surface area (Å²) >= 11 is 5.48. The summed E-state index contributed by atoms with van der Waals surface area (Å²) in [4.78, 5) is 7.74. The molecule has 2 heterocycles. The van der Waals surface area contributed by atoms with Gasteiger partial charge in [-0.15, -0.1) is 0 Å². The highest BCUT2D eigenvalue weighted by Crippen LogP contribution is 2.23. The Morgan fingerprint density at radius 2 is 1.86 bits per heavy atom. The van der Waals surface area contributed by atoms with E-state index in [0.29, 0.717) is 4.77 Å². The van der Waals surface area contributed by atoms with Crippen LogP contribution in [-0.4, -0.2) is 14.5 Å². The van der Waals surface area contributed by atoms with Gasteiger partial charge in [-0.2, -0.15) is 0 Å². The molecule has 102 valence electrons. The number of hydrogen-bond acceptors (Lipinski definition) is 2. The van der Waals surface area contributed by atoms with Crippen LogP contribution < -0.4 is 0 Å². The van der Waals surface area contributed by atoms with Gasteiger partial charge in [0.05, 0.1) is 11.2 Å². The van der Waals surface area contributed by atoms with Crippen molar-refractivity contribution in [3.63, 3.8) is 0 Å². The molecule has 0 bridgehead atoms. The number of benzene rings is 2. The average molecular weight is 291 g/mol. The maximum absolute atomic E-state index is 5.48. The molecule has 0 amide bonds. The van der Waals surface area contributed by atoms with E-state index in [4.69, 9.17) is 12.2 Å². The summed E-state index contributed by atoms with van der Waals surface area (Å²) < 4.78 is 2.66. The normalized spacial score (nSPS) is 11.3. The fourth-order valence-electron chi connectivity index (χ4n) is 2.68. The van der Waals surface area contributed by atoms with Gasteiger partial charge in [-0.25, -0.2) is 4.98 Å². The van der Waals surface area contributed by atoms with Crippen molar-refractivity contribution in [2.24, 2.45) is 0 Å². The van der Waals surface area contributed by atoms with Crippen LogP contribution in [0, 0.1) is 11.7 Å². The highest BCUT2D eigenvalue weighted by Gasteiger charge is 2.09. The first-order chi connectivity index (χ1) is 10.2. The molecule has 2 aromatic carbocycles. The number of aryl methyl sites for hydroxylation is 1. The Hall–Kier alpha value is -2.46. The van der Waals surface area contributed by atoms with Crippen LogP contribution >= 0.6 is 12.2 Å². The molecular formula is C17H13N3S. The first-order valence-corrected chi connectivity index (χ1v) is 7.20. The van der Waals surface area contributed by atoms with Crippen molar-refractivity contribution >= 4 is 34.2 Å². The number of aromatic amines is 1. The van der Waals surface area contributed by atoms with Gasteiger partial charge in [-0.3, -0.25) is 4.57 Å². The number of hydrogen-bond donors (Lipinski definition) is 1. The van der Waals surface area contributed by atoms with Gasteiger partial charge >= 0.3 is 0 Å². The molecule has 0 saturated heterocycles. The molecule has 0 atom stereocenters. The van der Waals surface area contributed by atoms with Gasteiger partial charge in [-0.1, -0.05) is 30.3 Å². The predicted molar refractivity (Wildman–Crippen MR) is 88.5 cm³/mol. The highest BCUT2D eigenvalue weighted by molar-refractivity contribution is 7.71. The number of aromatic nitrogens is 3. The molecule has 4 aromatic rings. The van der Waals surface area contributed by atoms with Gasteiger partial charge in [0, 0.05) is 6.20 Å². The van der Waals surface area contributed by atoms with E-state index in [-0.39, 0.29) is 0 Å². The van der Waals surface area contributed by atoms with Gasteiger partial charge in [0.1, 0.15) is 0 Å². The average Bonchev–Trinajstić information content (AvgIpc) is 2.84. The molecule has 21 heavy (non-hydrogen) atoms. The van der Waals surface area contributed by atoms with Gasteiger partial charge in [0.15, 0.2) is 10.4 Å². The minimum atomic E-state index is 0.669. The van der Waals surface area contributed by atoms with Crippen molar-refractivity contribution in [1.29, 1.82) is 0 Å². The molecule has 0 unspecified atom stereocenters. The molecule has 4 heteroatoms. The standard InChI is InChI=1S/C17H13N3S/c1-11-8-9-18-16-15(11)19-17(21)20(16)14-7-6-12-4-2-3-5-13(12)10-14/h2-10H,1H3,(H,19,21). The quantitative estimate of drug-likeness (QED) is 0.522. The molecule has 0 fully saturated rings. The largest absolute Gasteiger partial charge is 0.329 e. The third-order valence-electron chi connectivity index (χ3n) is 3.78. The number of nitrogens with zero attached hydrogens (tertiary/aromatic N) is 2. The third-order valence-corrected chi connectivity index (χ3v) is 4.06. The lowest BCUT2D eigenvalue weighted by molar-refractivity contribution is 1.05. The lowest BCUT2D eigenvalue weighted by atomic mass is 10.1. The van der Waals surface area contributed by atoms with Crippen LogP contribution in [0.3, 0.4) is 0 Å². The van der Waals surface area contributed by atoms with Gasteiger partial charge in [-0.05, 0) is 53.7 Å². The summed E-state index contributed by atoms with van der Waals surface area (Å²) in [6.45, 7) is 2.06. The van der Waals surface area contributed by atoms with E-state index < -0.39 is 0 Å². The Kier molecular flexibility index (Phi) is 2.65. The smallest absolute Gasteiger partial charge is 0.184 e. The van der Waals surface area contributed by atoms with Crippen molar-refractivity contribution in [1.82, 2.24) is 14.5 Å². The van der Waals surface area contributed by atoms with Crippen LogP contribution in [0.4, 0.5) is 0 Å². The van der Waals surface area contributed by atoms with Crippen molar-refractivity contribution in [3.05, 3.63) is 65.1 Å². The van der Waals surface area contributed by atoms with Crippen molar-refractivity contribution in [2.45, 2.75) is 6.92 Å². The van der Waals surface area contributed by atoms with E-state index in [1.807, 2.05) is 29.0 Å². The van der Waals surface area contributed by atoms with Gasteiger partial charge in [0.25, 0.3) is 0 Å². The molecule has 0 radical (unpaired) electrons. The fourth-order valence-corrected chi connectivity index (χ4v) is 2.98. The Balaban J connectivity index is 2.06. The van der Waals surface area contributed by atoms with Crippen LogP contribution in [0.5, 0.6) is 0 Å². The molecule has 2 aromatic heterocycles. The lowest BCUT2D eigenvalue weighted by Crippen LogP contribution is -1.95. The van der Waals surface area contributed by atoms with E-state index in [0.717, 1.165) is 22.4 Å². The maximum atomic E-state index is 5.48. The van der Waals surface area contributed by atoms with Crippen LogP contribution in [-0.2, 0) is 0 Å². The van der Waals surface area contributed by atoms with Crippen LogP contribution in [0.1, 0.15) is 5.56 Å². The highest BCUT2D eigenvalue weighted by atomic mass is 32.1. The van der Waals surface area contributed by atoms with Crippen molar-refractivity contribution in [2.75, 3.05) is 0 Å². The Bertz CT molecular complexity index is 1030. The Morgan fingerprint density at radius 3 is 2.71 bits per heavy atom. The third kappa shape index (κ3) is 1.87. The number of nitrogens with one attached hydrogen (secondary N) is 1. The molecule has 1 N–H and O–H groups in total. The summed E-state index contributed by atoms with van der Waals surface area (Å²) in [5.41, 5.74) is 4.04. The number of H-pyrrole nitrogens is 1. The van der Waals surface area contributed by atoms with Crippen LogP contribution in [0.25, 0.3) is 27.6 Å². The minimum absolute atomic E-state index is 0.669. The minimum Gasteiger partial charge on any atom is -0.329 e. The number of rotatable bonds is 1. The van der Waals surface area contributed by atoms with Crippen molar-refractivity contribution < 1.29 is 0 Å². The summed E-state index contributed by atoms with van der Waals surface area (Å²) in [5.74, 6) is 0. The second kappa shape index (κ2) is 4.53. The lowest BCUT2D eigenvalue weighted by Gasteiger charge is -2.06.